The lowest BCUT2D eigenvalue weighted by Crippen LogP contribution is -2.48. The summed E-state index contributed by atoms with van der Waals surface area (Å²) in [4.78, 5) is 40.8. The summed E-state index contributed by atoms with van der Waals surface area (Å²) in [6, 6.07) is 3.79. The fourth-order valence-corrected chi connectivity index (χ4v) is 3.98. The van der Waals surface area contributed by atoms with Crippen LogP contribution in [0.15, 0.2) is 18.2 Å². The van der Waals surface area contributed by atoms with Crippen molar-refractivity contribution in [3.8, 4) is 11.5 Å². The van der Waals surface area contributed by atoms with Crippen LogP contribution >= 0.6 is 0 Å². The molecular weight excluding hydrogens is 374 g/mol. The monoisotopic (exact) mass is 403 g/mol. The van der Waals surface area contributed by atoms with Gasteiger partial charge in [-0.1, -0.05) is 0 Å². The first kappa shape index (κ1) is 21.0. The summed E-state index contributed by atoms with van der Waals surface area (Å²) in [5.74, 6) is -1.02. The van der Waals surface area contributed by atoms with E-state index >= 15 is 0 Å². The van der Waals surface area contributed by atoms with Crippen LogP contribution in [0.4, 0.5) is 0 Å². The Balaban J connectivity index is 1.52. The lowest BCUT2D eigenvalue weighted by Gasteiger charge is -2.33. The van der Waals surface area contributed by atoms with E-state index in [0.29, 0.717) is 32.5 Å². The Hall–Kier alpha value is -2.77. The summed E-state index contributed by atoms with van der Waals surface area (Å²) >= 11 is 0. The molecule has 0 aliphatic carbocycles. The van der Waals surface area contributed by atoms with Crippen molar-refractivity contribution in [3.63, 3.8) is 0 Å². The minimum atomic E-state index is -0.336. The molecule has 1 aromatic rings. The van der Waals surface area contributed by atoms with E-state index in [-0.39, 0.29) is 58.7 Å². The normalized spacial score (nSPS) is 20.8. The van der Waals surface area contributed by atoms with Gasteiger partial charge >= 0.3 is 0 Å². The Labute approximate surface area is 170 Å². The Kier molecular flexibility index (Phi) is 5.73. The summed E-state index contributed by atoms with van der Waals surface area (Å²) in [5.41, 5.74) is -0.0605. The van der Waals surface area contributed by atoms with E-state index in [0.717, 1.165) is 0 Å². The van der Waals surface area contributed by atoms with Crippen molar-refractivity contribution in [2.24, 2.45) is 5.92 Å². The minimum Gasteiger partial charge on any atom is -0.508 e. The summed E-state index contributed by atoms with van der Waals surface area (Å²) < 4.78 is 0. The fraction of sp³-hybridized carbons (Fsp3) is 0.571. The molecule has 2 aliphatic rings. The van der Waals surface area contributed by atoms with Crippen LogP contribution < -0.4 is 5.32 Å². The molecule has 2 heterocycles. The summed E-state index contributed by atoms with van der Waals surface area (Å²) in [7, 11) is 0. The van der Waals surface area contributed by atoms with Crippen LogP contribution in [0.3, 0.4) is 0 Å². The van der Waals surface area contributed by atoms with E-state index in [1.165, 1.54) is 18.2 Å². The molecule has 8 nitrogen and oxygen atoms in total. The second kappa shape index (κ2) is 7.93. The molecule has 8 heteroatoms. The fourth-order valence-electron chi connectivity index (χ4n) is 3.98. The van der Waals surface area contributed by atoms with Crippen LogP contribution in [-0.4, -0.2) is 68.9 Å². The number of carbonyl (C=O) groups is 3. The van der Waals surface area contributed by atoms with Gasteiger partial charge in [-0.3, -0.25) is 14.4 Å². The highest BCUT2D eigenvalue weighted by atomic mass is 16.3. The minimum absolute atomic E-state index is 0.00688. The number of likely N-dealkylation sites (tertiary alicyclic amines) is 2. The third kappa shape index (κ3) is 4.81. The van der Waals surface area contributed by atoms with E-state index in [4.69, 9.17) is 0 Å². The molecule has 0 aromatic heterocycles. The van der Waals surface area contributed by atoms with Gasteiger partial charge in [0.2, 0.25) is 11.8 Å². The molecule has 0 radical (unpaired) electrons. The number of phenols is 2. The highest BCUT2D eigenvalue weighted by molar-refractivity contribution is 5.95. The molecule has 3 rings (SSSR count). The second-order valence-corrected chi connectivity index (χ2v) is 8.89. The van der Waals surface area contributed by atoms with Crippen LogP contribution in [0, 0.1) is 5.92 Å². The Morgan fingerprint density at radius 1 is 1.07 bits per heavy atom. The van der Waals surface area contributed by atoms with E-state index in [2.05, 4.69) is 5.32 Å². The molecular formula is C21H29N3O5. The van der Waals surface area contributed by atoms with Crippen molar-refractivity contribution >= 4 is 17.7 Å². The summed E-state index contributed by atoms with van der Waals surface area (Å²) in [6.07, 6.45) is 1.47. The van der Waals surface area contributed by atoms with Crippen LogP contribution in [0.2, 0.25) is 0 Å². The Morgan fingerprint density at radius 2 is 1.66 bits per heavy atom. The quantitative estimate of drug-likeness (QED) is 0.708. The molecule has 29 heavy (non-hydrogen) atoms. The van der Waals surface area contributed by atoms with Crippen molar-refractivity contribution in [2.75, 3.05) is 19.6 Å². The molecule has 3 amide bonds. The standard InChI is InChI=1S/C21H29N3O5/c1-21(2,3)24-12-14(10-18(24)27)19(28)22-15-4-6-23(7-5-15)20(29)13-8-16(25)11-17(26)9-13/h8-9,11,14-15,25-26H,4-7,10,12H2,1-3H3,(H,22,28). The predicted octanol–water partition coefficient (Wildman–Crippen LogP) is 1.47. The van der Waals surface area contributed by atoms with Crippen molar-refractivity contribution in [3.05, 3.63) is 23.8 Å². The molecule has 1 unspecified atom stereocenters. The zero-order valence-corrected chi connectivity index (χ0v) is 17.1. The summed E-state index contributed by atoms with van der Waals surface area (Å²) in [5, 5.41) is 22.2. The first-order chi connectivity index (χ1) is 13.5. The van der Waals surface area contributed by atoms with E-state index in [1.807, 2.05) is 20.8 Å². The lowest BCUT2D eigenvalue weighted by atomic mass is 10.0. The molecule has 1 aromatic carbocycles. The van der Waals surface area contributed by atoms with Gasteiger partial charge in [0.25, 0.3) is 5.91 Å². The van der Waals surface area contributed by atoms with Gasteiger partial charge in [0.1, 0.15) is 11.5 Å². The van der Waals surface area contributed by atoms with Gasteiger partial charge in [-0.05, 0) is 45.7 Å². The van der Waals surface area contributed by atoms with Gasteiger partial charge in [0.05, 0.1) is 5.92 Å². The van der Waals surface area contributed by atoms with Crippen molar-refractivity contribution in [2.45, 2.75) is 51.6 Å². The van der Waals surface area contributed by atoms with Gasteiger partial charge in [-0.15, -0.1) is 0 Å². The first-order valence-corrected chi connectivity index (χ1v) is 9.98. The van der Waals surface area contributed by atoms with Crippen LogP contribution in [0.5, 0.6) is 11.5 Å². The van der Waals surface area contributed by atoms with E-state index in [9.17, 15) is 24.6 Å². The second-order valence-electron chi connectivity index (χ2n) is 8.89. The highest BCUT2D eigenvalue weighted by Crippen LogP contribution is 2.27. The van der Waals surface area contributed by atoms with Crippen molar-refractivity contribution in [1.82, 2.24) is 15.1 Å². The molecule has 3 N–H and O–H groups in total. The maximum absolute atomic E-state index is 12.6. The number of amides is 3. The number of nitrogens with zero attached hydrogens (tertiary/aromatic N) is 2. The predicted molar refractivity (Wildman–Crippen MR) is 106 cm³/mol. The molecule has 158 valence electrons. The molecule has 2 fully saturated rings. The molecule has 0 spiro atoms. The number of hydrogen-bond donors (Lipinski definition) is 3. The molecule has 2 aliphatic heterocycles. The van der Waals surface area contributed by atoms with Gasteiger partial charge < -0.3 is 25.3 Å². The van der Waals surface area contributed by atoms with Gasteiger partial charge in [-0.2, -0.15) is 0 Å². The van der Waals surface area contributed by atoms with Crippen molar-refractivity contribution < 1.29 is 24.6 Å². The maximum atomic E-state index is 12.6. The third-order valence-electron chi connectivity index (χ3n) is 5.58. The van der Waals surface area contributed by atoms with Gasteiger partial charge in [0, 0.05) is 49.3 Å². The zero-order valence-electron chi connectivity index (χ0n) is 17.1. The largest absolute Gasteiger partial charge is 0.508 e. The van der Waals surface area contributed by atoms with Gasteiger partial charge in [0.15, 0.2) is 0 Å². The third-order valence-corrected chi connectivity index (χ3v) is 5.58. The SMILES string of the molecule is CC(C)(C)N1CC(C(=O)NC2CCN(C(=O)c3cc(O)cc(O)c3)CC2)CC1=O. The zero-order chi connectivity index (χ0) is 21.3. The number of rotatable bonds is 3. The number of benzene rings is 1. The van der Waals surface area contributed by atoms with Gasteiger partial charge in [-0.25, -0.2) is 0 Å². The highest BCUT2D eigenvalue weighted by Gasteiger charge is 2.40. The number of piperidine rings is 1. The lowest BCUT2D eigenvalue weighted by molar-refractivity contribution is -0.132. The van der Waals surface area contributed by atoms with E-state index in [1.54, 1.807) is 9.80 Å². The Morgan fingerprint density at radius 3 is 2.17 bits per heavy atom. The molecule has 2 saturated heterocycles. The number of nitrogens with one attached hydrogen (secondary N) is 1. The molecule has 0 saturated carbocycles. The topological polar surface area (TPSA) is 110 Å². The summed E-state index contributed by atoms with van der Waals surface area (Å²) in [6.45, 7) is 7.26. The molecule has 0 bridgehead atoms. The Bertz CT molecular complexity index is 789. The van der Waals surface area contributed by atoms with Crippen LogP contribution in [0.1, 0.15) is 50.4 Å². The molecule has 1 atom stereocenters. The maximum Gasteiger partial charge on any atom is 0.254 e. The first-order valence-electron chi connectivity index (χ1n) is 9.98. The average molecular weight is 403 g/mol. The van der Waals surface area contributed by atoms with Crippen LogP contribution in [-0.2, 0) is 9.59 Å². The number of phenolic OH excluding ortho intramolecular Hbond substituents is 2. The average Bonchev–Trinajstić information content (AvgIpc) is 3.03. The number of aromatic hydroxyl groups is 2. The smallest absolute Gasteiger partial charge is 0.254 e. The van der Waals surface area contributed by atoms with Crippen LogP contribution in [0.25, 0.3) is 0 Å². The van der Waals surface area contributed by atoms with E-state index < -0.39 is 0 Å². The van der Waals surface area contributed by atoms with Crippen molar-refractivity contribution in [1.29, 1.82) is 0 Å². The number of hydrogen-bond acceptors (Lipinski definition) is 5. The number of carbonyl (C=O) groups excluding carboxylic acids is 3.